The van der Waals surface area contributed by atoms with E-state index in [1.165, 1.54) is 7.11 Å². The van der Waals surface area contributed by atoms with Crippen molar-refractivity contribution in [1.29, 1.82) is 0 Å². The second-order valence-corrected chi connectivity index (χ2v) is 5.60. The molecule has 1 aliphatic heterocycles. The van der Waals surface area contributed by atoms with Crippen molar-refractivity contribution in [2.45, 2.75) is 13.3 Å². The predicted molar refractivity (Wildman–Crippen MR) is 76.4 cm³/mol. The van der Waals surface area contributed by atoms with Crippen LogP contribution in [-0.2, 0) is 14.3 Å². The summed E-state index contributed by atoms with van der Waals surface area (Å²) in [5, 5.41) is 0. The highest BCUT2D eigenvalue weighted by Gasteiger charge is 2.36. The highest BCUT2D eigenvalue weighted by atomic mass is 127. The Morgan fingerprint density at radius 2 is 2.22 bits per heavy atom. The van der Waals surface area contributed by atoms with Crippen LogP contribution in [0.2, 0.25) is 0 Å². The lowest BCUT2D eigenvalue weighted by Gasteiger charge is -2.19. The first kappa shape index (κ1) is 13.3. The first-order valence-electron chi connectivity index (χ1n) is 5.67. The summed E-state index contributed by atoms with van der Waals surface area (Å²) in [5.74, 6) is -0.676. The molecule has 1 aromatic carbocycles. The molecule has 96 valence electrons. The molecule has 0 aromatic heterocycles. The number of halogens is 1. The van der Waals surface area contributed by atoms with Gasteiger partial charge in [-0.2, -0.15) is 0 Å². The average Bonchev–Trinajstić information content (AvgIpc) is 2.70. The Morgan fingerprint density at radius 1 is 1.50 bits per heavy atom. The maximum Gasteiger partial charge on any atom is 0.311 e. The maximum atomic E-state index is 12.0. The topological polar surface area (TPSA) is 46.6 Å². The van der Waals surface area contributed by atoms with Crippen LogP contribution in [0.25, 0.3) is 0 Å². The fourth-order valence-corrected chi connectivity index (χ4v) is 2.83. The van der Waals surface area contributed by atoms with E-state index in [2.05, 4.69) is 22.6 Å². The molecule has 1 atom stereocenters. The van der Waals surface area contributed by atoms with Crippen molar-refractivity contribution in [2.75, 3.05) is 18.6 Å². The Labute approximate surface area is 119 Å². The highest BCUT2D eigenvalue weighted by molar-refractivity contribution is 14.1. The molecule has 1 unspecified atom stereocenters. The zero-order valence-corrected chi connectivity index (χ0v) is 12.4. The number of aryl methyl sites for hydroxylation is 1. The monoisotopic (exact) mass is 359 g/mol. The van der Waals surface area contributed by atoms with Crippen molar-refractivity contribution in [2.24, 2.45) is 5.92 Å². The van der Waals surface area contributed by atoms with Gasteiger partial charge in [-0.05, 0) is 53.3 Å². The van der Waals surface area contributed by atoms with Crippen molar-refractivity contribution in [3.8, 4) is 0 Å². The molecule has 0 saturated carbocycles. The molecule has 0 spiro atoms. The number of carbonyl (C=O) groups is 2. The van der Waals surface area contributed by atoms with Crippen molar-refractivity contribution >= 4 is 40.2 Å². The second kappa shape index (κ2) is 5.26. The number of hydrogen-bond donors (Lipinski definition) is 0. The Bertz CT molecular complexity index is 501. The molecule has 5 heteroatoms. The fraction of sp³-hybridized carbons (Fsp3) is 0.385. The number of ether oxygens (including phenoxy) is 1. The van der Waals surface area contributed by atoms with E-state index in [-0.39, 0.29) is 24.2 Å². The number of carbonyl (C=O) groups excluding carboxylic acids is 2. The van der Waals surface area contributed by atoms with Gasteiger partial charge in [-0.15, -0.1) is 0 Å². The number of amides is 1. The van der Waals surface area contributed by atoms with Gasteiger partial charge in [0.25, 0.3) is 0 Å². The molecule has 2 rings (SSSR count). The first-order valence-corrected chi connectivity index (χ1v) is 6.75. The molecule has 1 aliphatic rings. The van der Waals surface area contributed by atoms with Crippen LogP contribution in [0.1, 0.15) is 12.0 Å². The van der Waals surface area contributed by atoms with E-state index in [0.29, 0.717) is 6.54 Å². The Hall–Kier alpha value is -1.11. The van der Waals surface area contributed by atoms with Gasteiger partial charge in [-0.1, -0.05) is 0 Å². The van der Waals surface area contributed by atoms with Crippen LogP contribution in [0, 0.1) is 16.4 Å². The van der Waals surface area contributed by atoms with E-state index < -0.39 is 0 Å². The summed E-state index contributed by atoms with van der Waals surface area (Å²) in [6.45, 7) is 2.38. The van der Waals surface area contributed by atoms with E-state index in [1.54, 1.807) is 4.90 Å². The molecule has 1 saturated heterocycles. The molecular formula is C13H14INO3. The van der Waals surface area contributed by atoms with E-state index in [0.717, 1.165) is 14.8 Å². The highest BCUT2D eigenvalue weighted by Crippen LogP contribution is 2.29. The molecule has 4 nitrogen and oxygen atoms in total. The number of anilines is 1. The van der Waals surface area contributed by atoms with Gasteiger partial charge in [0.2, 0.25) is 5.91 Å². The summed E-state index contributed by atoms with van der Waals surface area (Å²) < 4.78 is 5.83. The Kier molecular flexibility index (Phi) is 3.89. The van der Waals surface area contributed by atoms with E-state index >= 15 is 0 Å². The summed E-state index contributed by atoms with van der Waals surface area (Å²) in [4.78, 5) is 25.1. The van der Waals surface area contributed by atoms with Crippen molar-refractivity contribution < 1.29 is 14.3 Å². The molecule has 1 amide bonds. The van der Waals surface area contributed by atoms with E-state index in [4.69, 9.17) is 4.74 Å². The van der Waals surface area contributed by atoms with Crippen molar-refractivity contribution in [3.63, 3.8) is 0 Å². The van der Waals surface area contributed by atoms with Crippen LogP contribution >= 0.6 is 22.6 Å². The lowest BCUT2D eigenvalue weighted by Crippen LogP contribution is -2.26. The SMILES string of the molecule is COC(=O)C1CC(=O)N(c2ccc(I)cc2C)C1. The second-order valence-electron chi connectivity index (χ2n) is 4.36. The van der Waals surface area contributed by atoms with Gasteiger partial charge in [0.15, 0.2) is 0 Å². The van der Waals surface area contributed by atoms with Crippen LogP contribution in [0.15, 0.2) is 18.2 Å². The molecule has 0 bridgehead atoms. The summed E-state index contributed by atoms with van der Waals surface area (Å²) in [5.41, 5.74) is 1.92. The summed E-state index contributed by atoms with van der Waals surface area (Å²) in [7, 11) is 1.35. The normalized spacial score (nSPS) is 19.2. The Morgan fingerprint density at radius 3 is 2.83 bits per heavy atom. The van der Waals surface area contributed by atoms with E-state index in [9.17, 15) is 9.59 Å². The standard InChI is InChI=1S/C13H14INO3/c1-8-5-10(14)3-4-11(8)15-7-9(6-12(15)16)13(17)18-2/h3-5,9H,6-7H2,1-2H3. The predicted octanol–water partition coefficient (Wildman–Crippen LogP) is 2.13. The van der Waals surface area contributed by atoms with Gasteiger partial charge in [0.1, 0.15) is 0 Å². The van der Waals surface area contributed by atoms with Crippen LogP contribution < -0.4 is 4.90 Å². The zero-order chi connectivity index (χ0) is 13.3. The molecular weight excluding hydrogens is 345 g/mol. The van der Waals surface area contributed by atoms with Gasteiger partial charge in [0, 0.05) is 22.2 Å². The third-order valence-corrected chi connectivity index (χ3v) is 3.78. The van der Waals surface area contributed by atoms with Crippen LogP contribution in [0.4, 0.5) is 5.69 Å². The minimum Gasteiger partial charge on any atom is -0.469 e. The number of hydrogen-bond acceptors (Lipinski definition) is 3. The van der Waals surface area contributed by atoms with Gasteiger partial charge in [-0.3, -0.25) is 9.59 Å². The maximum absolute atomic E-state index is 12.0. The minimum atomic E-state index is -0.346. The molecule has 1 fully saturated rings. The average molecular weight is 359 g/mol. The van der Waals surface area contributed by atoms with Crippen LogP contribution in [0.5, 0.6) is 0 Å². The fourth-order valence-electron chi connectivity index (χ4n) is 2.19. The number of benzene rings is 1. The molecule has 1 aromatic rings. The quantitative estimate of drug-likeness (QED) is 0.601. The molecule has 0 N–H and O–H groups in total. The molecule has 1 heterocycles. The number of nitrogens with zero attached hydrogens (tertiary/aromatic N) is 1. The third-order valence-electron chi connectivity index (χ3n) is 3.11. The van der Waals surface area contributed by atoms with Gasteiger partial charge >= 0.3 is 5.97 Å². The first-order chi connectivity index (χ1) is 8.52. The van der Waals surface area contributed by atoms with E-state index in [1.807, 2.05) is 25.1 Å². The summed E-state index contributed by atoms with van der Waals surface area (Å²) >= 11 is 2.23. The van der Waals surface area contributed by atoms with Crippen molar-refractivity contribution in [3.05, 3.63) is 27.3 Å². The lowest BCUT2D eigenvalue weighted by molar-refractivity contribution is -0.145. The number of rotatable bonds is 2. The number of methoxy groups -OCH3 is 1. The van der Waals surface area contributed by atoms with Crippen LogP contribution in [-0.4, -0.2) is 25.5 Å². The minimum absolute atomic E-state index is 0.0188. The summed E-state index contributed by atoms with van der Waals surface area (Å²) in [6, 6.07) is 5.91. The summed E-state index contributed by atoms with van der Waals surface area (Å²) in [6.07, 6.45) is 0.234. The molecule has 0 aliphatic carbocycles. The van der Waals surface area contributed by atoms with Gasteiger partial charge in [0.05, 0.1) is 13.0 Å². The smallest absolute Gasteiger partial charge is 0.311 e. The van der Waals surface area contributed by atoms with Gasteiger partial charge in [-0.25, -0.2) is 0 Å². The third kappa shape index (κ3) is 2.50. The number of esters is 1. The molecule has 18 heavy (non-hydrogen) atoms. The largest absolute Gasteiger partial charge is 0.469 e. The molecule has 0 radical (unpaired) electrons. The van der Waals surface area contributed by atoms with Crippen molar-refractivity contribution in [1.82, 2.24) is 0 Å². The lowest BCUT2D eigenvalue weighted by atomic mass is 10.1. The van der Waals surface area contributed by atoms with Crippen LogP contribution in [0.3, 0.4) is 0 Å². The van der Waals surface area contributed by atoms with Gasteiger partial charge < -0.3 is 9.64 Å². The zero-order valence-electron chi connectivity index (χ0n) is 10.3. The Balaban J connectivity index is 2.24.